The van der Waals surface area contributed by atoms with Crippen molar-refractivity contribution in [1.82, 2.24) is 5.32 Å². The first-order valence-electron chi connectivity index (χ1n) is 4.60. The number of amides is 1. The lowest BCUT2D eigenvalue weighted by Crippen LogP contribution is -2.28. The van der Waals surface area contributed by atoms with Crippen molar-refractivity contribution in [3.63, 3.8) is 0 Å². The Morgan fingerprint density at radius 1 is 1.33 bits per heavy atom. The summed E-state index contributed by atoms with van der Waals surface area (Å²) in [5.74, 6) is -2.02. The molecule has 0 saturated heterocycles. The molecule has 0 atom stereocenters. The molecule has 0 aliphatic rings. The topological polar surface area (TPSA) is 89.3 Å². The van der Waals surface area contributed by atoms with E-state index in [1.807, 2.05) is 5.32 Å². The maximum atomic E-state index is 13.1. The van der Waals surface area contributed by atoms with Crippen LogP contribution >= 0.6 is 0 Å². The van der Waals surface area contributed by atoms with Gasteiger partial charge < -0.3 is 5.32 Å². The van der Waals surface area contributed by atoms with E-state index in [4.69, 9.17) is 5.14 Å². The van der Waals surface area contributed by atoms with Gasteiger partial charge in [0.15, 0.2) is 0 Å². The molecule has 1 aromatic carbocycles. The van der Waals surface area contributed by atoms with Gasteiger partial charge in [0.1, 0.15) is 5.82 Å². The maximum Gasteiger partial charge on any atom is 0.255 e. The molecule has 3 N–H and O–H groups in total. The highest BCUT2D eigenvalue weighted by Crippen LogP contribution is 2.13. The fourth-order valence-corrected chi connectivity index (χ4v) is 1.70. The molecular formula is C9H9F3N2O3S. The summed E-state index contributed by atoms with van der Waals surface area (Å²) in [4.78, 5) is 10.7. The van der Waals surface area contributed by atoms with Crippen LogP contribution in [0.2, 0.25) is 0 Å². The normalized spacial score (nSPS) is 11.6. The van der Waals surface area contributed by atoms with E-state index >= 15 is 0 Å². The van der Waals surface area contributed by atoms with Gasteiger partial charge >= 0.3 is 0 Å². The van der Waals surface area contributed by atoms with Crippen LogP contribution in [0.3, 0.4) is 0 Å². The molecule has 0 unspecified atom stereocenters. The monoisotopic (exact) mass is 282 g/mol. The van der Waals surface area contributed by atoms with Crippen molar-refractivity contribution in [2.24, 2.45) is 5.14 Å². The zero-order valence-electron chi connectivity index (χ0n) is 8.86. The molecule has 0 aromatic heterocycles. The van der Waals surface area contributed by atoms with Gasteiger partial charge in [-0.25, -0.2) is 26.7 Å². The molecule has 18 heavy (non-hydrogen) atoms. The summed E-state index contributed by atoms with van der Waals surface area (Å²) in [7, 11) is -4.18. The van der Waals surface area contributed by atoms with Gasteiger partial charge in [0.2, 0.25) is 10.0 Å². The van der Waals surface area contributed by atoms with Gasteiger partial charge in [-0.2, -0.15) is 0 Å². The van der Waals surface area contributed by atoms with Crippen LogP contribution in [-0.4, -0.2) is 27.3 Å². The molecule has 0 aliphatic heterocycles. The molecule has 100 valence electrons. The number of carbonyl (C=O) groups excluding carboxylic acids is 1. The third kappa shape index (κ3) is 4.00. The number of nitrogens with one attached hydrogen (secondary N) is 1. The van der Waals surface area contributed by atoms with Gasteiger partial charge in [-0.05, 0) is 18.2 Å². The first kappa shape index (κ1) is 14.5. The molecule has 0 spiro atoms. The van der Waals surface area contributed by atoms with Crippen LogP contribution in [0.4, 0.5) is 13.2 Å². The van der Waals surface area contributed by atoms with Crippen LogP contribution < -0.4 is 10.5 Å². The van der Waals surface area contributed by atoms with Crippen molar-refractivity contribution >= 4 is 15.9 Å². The zero-order chi connectivity index (χ0) is 13.9. The zero-order valence-corrected chi connectivity index (χ0v) is 9.68. The Kier molecular flexibility index (Phi) is 4.30. The molecule has 0 saturated carbocycles. The van der Waals surface area contributed by atoms with Gasteiger partial charge in [0.25, 0.3) is 12.3 Å². The third-order valence-electron chi connectivity index (χ3n) is 1.88. The molecule has 0 aliphatic carbocycles. The summed E-state index contributed by atoms with van der Waals surface area (Å²) in [6.07, 6.45) is -2.76. The largest absolute Gasteiger partial charge is 0.346 e. The predicted octanol–water partition coefficient (Wildman–Crippen LogP) is 0.468. The number of benzene rings is 1. The number of sulfonamides is 1. The Hall–Kier alpha value is -1.61. The standard InChI is InChI=1S/C9H9F3N2O3S/c10-6-1-5(9(15)14-4-8(11)12)2-7(3-6)18(13,16)17/h1-3,8H,4H2,(H,14,15)(H2,13,16,17). The second-order valence-corrected chi connectivity index (χ2v) is 4.88. The average Bonchev–Trinajstić information content (AvgIpc) is 2.23. The minimum Gasteiger partial charge on any atom is -0.346 e. The lowest BCUT2D eigenvalue weighted by molar-refractivity contribution is 0.0891. The quantitative estimate of drug-likeness (QED) is 0.841. The average molecular weight is 282 g/mol. The van der Waals surface area contributed by atoms with E-state index in [0.29, 0.717) is 6.07 Å². The summed E-state index contributed by atoms with van der Waals surface area (Å²) in [6.45, 7) is -0.917. The Balaban J connectivity index is 3.03. The minimum atomic E-state index is -4.18. The van der Waals surface area contributed by atoms with Gasteiger partial charge in [0.05, 0.1) is 11.4 Å². The van der Waals surface area contributed by atoms with E-state index in [2.05, 4.69) is 0 Å². The summed E-state index contributed by atoms with van der Waals surface area (Å²) in [5.41, 5.74) is -0.403. The Morgan fingerprint density at radius 2 is 1.94 bits per heavy atom. The molecule has 1 amide bonds. The summed E-state index contributed by atoms with van der Waals surface area (Å²) in [6, 6.07) is 2.15. The first-order chi connectivity index (χ1) is 8.20. The highest BCUT2D eigenvalue weighted by atomic mass is 32.2. The Bertz CT molecular complexity index is 560. The molecule has 0 fully saturated rings. The molecule has 0 radical (unpaired) electrons. The van der Waals surface area contributed by atoms with Gasteiger partial charge in [-0.15, -0.1) is 0 Å². The number of primary sulfonamides is 1. The van der Waals surface area contributed by atoms with E-state index in [-0.39, 0.29) is 0 Å². The van der Waals surface area contributed by atoms with Crippen LogP contribution in [-0.2, 0) is 10.0 Å². The Morgan fingerprint density at radius 3 is 2.44 bits per heavy atom. The van der Waals surface area contributed by atoms with E-state index in [1.54, 1.807) is 0 Å². The molecule has 1 rings (SSSR count). The van der Waals surface area contributed by atoms with Crippen LogP contribution in [0.5, 0.6) is 0 Å². The molecule has 0 bridgehead atoms. The van der Waals surface area contributed by atoms with Crippen molar-refractivity contribution in [2.75, 3.05) is 6.54 Å². The molecule has 0 heterocycles. The molecular weight excluding hydrogens is 273 g/mol. The van der Waals surface area contributed by atoms with Gasteiger partial charge in [0, 0.05) is 5.56 Å². The van der Waals surface area contributed by atoms with Crippen LogP contribution in [0.25, 0.3) is 0 Å². The van der Waals surface area contributed by atoms with E-state index in [9.17, 15) is 26.4 Å². The van der Waals surface area contributed by atoms with Crippen molar-refractivity contribution in [1.29, 1.82) is 0 Å². The number of nitrogens with two attached hydrogens (primary N) is 1. The first-order valence-corrected chi connectivity index (χ1v) is 6.14. The van der Waals surface area contributed by atoms with Crippen LogP contribution in [0, 0.1) is 5.82 Å². The molecule has 1 aromatic rings. The van der Waals surface area contributed by atoms with Crippen molar-refractivity contribution in [3.8, 4) is 0 Å². The van der Waals surface area contributed by atoms with Crippen molar-refractivity contribution in [2.45, 2.75) is 11.3 Å². The minimum absolute atomic E-state index is 0.403. The second kappa shape index (κ2) is 5.36. The predicted molar refractivity (Wildman–Crippen MR) is 56.1 cm³/mol. The van der Waals surface area contributed by atoms with Crippen LogP contribution in [0.1, 0.15) is 10.4 Å². The number of hydrogen-bond donors (Lipinski definition) is 2. The Labute approximate surface area is 101 Å². The molecule has 9 heteroatoms. The fraction of sp³-hybridized carbons (Fsp3) is 0.222. The van der Waals surface area contributed by atoms with Gasteiger partial charge in [-0.3, -0.25) is 4.79 Å². The lowest BCUT2D eigenvalue weighted by Gasteiger charge is -2.06. The van der Waals surface area contributed by atoms with Crippen molar-refractivity contribution in [3.05, 3.63) is 29.6 Å². The molecule has 5 nitrogen and oxygen atoms in total. The second-order valence-electron chi connectivity index (χ2n) is 3.32. The van der Waals surface area contributed by atoms with E-state index in [1.165, 1.54) is 0 Å². The number of halogens is 3. The summed E-state index contributed by atoms with van der Waals surface area (Å²) in [5, 5.41) is 6.58. The van der Waals surface area contributed by atoms with Crippen molar-refractivity contribution < 1.29 is 26.4 Å². The van der Waals surface area contributed by atoms with Gasteiger partial charge in [-0.1, -0.05) is 0 Å². The smallest absolute Gasteiger partial charge is 0.255 e. The van der Waals surface area contributed by atoms with E-state index < -0.39 is 45.2 Å². The summed E-state index contributed by atoms with van der Waals surface area (Å²) >= 11 is 0. The SMILES string of the molecule is NS(=O)(=O)c1cc(F)cc(C(=O)NCC(F)F)c1. The highest BCUT2D eigenvalue weighted by molar-refractivity contribution is 7.89. The maximum absolute atomic E-state index is 13.1. The van der Waals surface area contributed by atoms with E-state index in [0.717, 1.165) is 12.1 Å². The highest BCUT2D eigenvalue weighted by Gasteiger charge is 2.15. The number of carbonyl (C=O) groups is 1. The number of hydrogen-bond acceptors (Lipinski definition) is 3. The third-order valence-corrected chi connectivity index (χ3v) is 2.77. The summed E-state index contributed by atoms with van der Waals surface area (Å²) < 4.78 is 58.7. The fourth-order valence-electron chi connectivity index (χ4n) is 1.13. The lowest BCUT2D eigenvalue weighted by atomic mass is 10.2. The number of rotatable bonds is 4. The van der Waals surface area contributed by atoms with Crippen LogP contribution in [0.15, 0.2) is 23.1 Å². The number of alkyl halides is 2.